The Hall–Kier alpha value is -0.610. The molecule has 1 aromatic rings. The van der Waals surface area contributed by atoms with Crippen LogP contribution in [0.25, 0.3) is 6.08 Å². The molecule has 0 aromatic carbocycles. The first-order valence-corrected chi connectivity index (χ1v) is 6.21. The van der Waals surface area contributed by atoms with Gasteiger partial charge in [-0.2, -0.15) is 0 Å². The highest BCUT2D eigenvalue weighted by atomic mass is 32.2. The standard InChI is InChI=1S/C10H13NOS2/c1-8-7-11-10(14-8)5-3-4-6-13-9(2)12/h3,5,7H,4,6H2,1-2H3. The molecule has 0 aliphatic heterocycles. The minimum absolute atomic E-state index is 0.184. The first-order valence-electron chi connectivity index (χ1n) is 4.41. The first-order chi connectivity index (χ1) is 6.68. The van der Waals surface area contributed by atoms with Gasteiger partial charge in [0.1, 0.15) is 5.01 Å². The number of aromatic nitrogens is 1. The number of rotatable bonds is 4. The second kappa shape index (κ2) is 5.98. The van der Waals surface area contributed by atoms with Gasteiger partial charge in [-0.25, -0.2) is 4.98 Å². The lowest BCUT2D eigenvalue weighted by atomic mass is 10.4. The zero-order valence-electron chi connectivity index (χ0n) is 8.32. The minimum atomic E-state index is 0.184. The van der Waals surface area contributed by atoms with Crippen molar-refractivity contribution in [3.8, 4) is 0 Å². The predicted molar refractivity (Wildman–Crippen MR) is 63.6 cm³/mol. The lowest BCUT2D eigenvalue weighted by Crippen LogP contribution is -1.83. The predicted octanol–water partition coefficient (Wildman–Crippen LogP) is 3.13. The van der Waals surface area contributed by atoms with Crippen molar-refractivity contribution < 1.29 is 4.79 Å². The lowest BCUT2D eigenvalue weighted by molar-refractivity contribution is -0.109. The first kappa shape index (κ1) is 11.5. The lowest BCUT2D eigenvalue weighted by Gasteiger charge is -1.90. The van der Waals surface area contributed by atoms with Crippen molar-refractivity contribution in [2.45, 2.75) is 20.3 Å². The zero-order chi connectivity index (χ0) is 10.4. The van der Waals surface area contributed by atoms with Crippen LogP contribution >= 0.6 is 23.1 Å². The van der Waals surface area contributed by atoms with Gasteiger partial charge >= 0.3 is 0 Å². The van der Waals surface area contributed by atoms with Crippen LogP contribution in [0.2, 0.25) is 0 Å². The molecule has 0 aliphatic carbocycles. The van der Waals surface area contributed by atoms with Gasteiger partial charge in [-0.3, -0.25) is 4.79 Å². The quantitative estimate of drug-likeness (QED) is 0.740. The molecule has 0 atom stereocenters. The van der Waals surface area contributed by atoms with Gasteiger partial charge in [0.15, 0.2) is 5.12 Å². The van der Waals surface area contributed by atoms with Crippen molar-refractivity contribution in [3.05, 3.63) is 22.2 Å². The topological polar surface area (TPSA) is 30.0 Å². The number of carbonyl (C=O) groups excluding carboxylic acids is 1. The third kappa shape index (κ3) is 4.58. The van der Waals surface area contributed by atoms with Crippen LogP contribution in [-0.2, 0) is 4.79 Å². The smallest absolute Gasteiger partial charge is 0.185 e. The highest BCUT2D eigenvalue weighted by molar-refractivity contribution is 8.13. The SMILES string of the molecule is CC(=O)SCCC=Cc1ncc(C)s1. The van der Waals surface area contributed by atoms with E-state index in [0.717, 1.165) is 17.2 Å². The number of hydrogen-bond donors (Lipinski definition) is 0. The molecule has 0 N–H and O–H groups in total. The van der Waals surface area contributed by atoms with E-state index in [9.17, 15) is 4.79 Å². The number of nitrogens with zero attached hydrogens (tertiary/aromatic N) is 1. The van der Waals surface area contributed by atoms with Gasteiger partial charge in [0.05, 0.1) is 0 Å². The van der Waals surface area contributed by atoms with Gasteiger partial charge in [-0.15, -0.1) is 11.3 Å². The molecule has 0 fully saturated rings. The Labute approximate surface area is 92.4 Å². The van der Waals surface area contributed by atoms with Crippen molar-refractivity contribution in [2.24, 2.45) is 0 Å². The number of thioether (sulfide) groups is 1. The third-order valence-corrected chi connectivity index (χ3v) is 3.21. The van der Waals surface area contributed by atoms with E-state index in [1.807, 2.05) is 19.2 Å². The molecule has 4 heteroatoms. The molecule has 2 nitrogen and oxygen atoms in total. The van der Waals surface area contributed by atoms with Gasteiger partial charge in [0.25, 0.3) is 0 Å². The Balaban J connectivity index is 2.24. The average Bonchev–Trinajstić information content (AvgIpc) is 2.50. The van der Waals surface area contributed by atoms with Crippen LogP contribution in [0.15, 0.2) is 12.3 Å². The summed E-state index contributed by atoms with van der Waals surface area (Å²) in [6.45, 7) is 3.64. The molecule has 1 aromatic heterocycles. The molecule has 0 unspecified atom stereocenters. The van der Waals surface area contributed by atoms with Crippen molar-refractivity contribution in [1.82, 2.24) is 4.98 Å². The third-order valence-electron chi connectivity index (χ3n) is 1.49. The summed E-state index contributed by atoms with van der Waals surface area (Å²) in [5.74, 6) is 0.857. The van der Waals surface area contributed by atoms with Crippen LogP contribution in [0.3, 0.4) is 0 Å². The zero-order valence-corrected chi connectivity index (χ0v) is 9.95. The normalized spacial score (nSPS) is 11.0. The van der Waals surface area contributed by atoms with E-state index in [0.29, 0.717) is 0 Å². The number of carbonyl (C=O) groups is 1. The van der Waals surface area contributed by atoms with Gasteiger partial charge in [-0.1, -0.05) is 17.8 Å². The minimum Gasteiger partial charge on any atom is -0.288 e. The average molecular weight is 227 g/mol. The van der Waals surface area contributed by atoms with E-state index >= 15 is 0 Å². The van der Waals surface area contributed by atoms with Crippen LogP contribution in [0.4, 0.5) is 0 Å². The summed E-state index contributed by atoms with van der Waals surface area (Å²) in [6.07, 6.45) is 6.87. The molecule has 76 valence electrons. The van der Waals surface area contributed by atoms with Crippen molar-refractivity contribution in [2.75, 3.05) is 5.75 Å². The fraction of sp³-hybridized carbons (Fsp3) is 0.400. The van der Waals surface area contributed by atoms with Crippen molar-refractivity contribution >= 4 is 34.3 Å². The number of thiazole rings is 1. The molecule has 0 aliphatic rings. The summed E-state index contributed by atoms with van der Waals surface area (Å²) < 4.78 is 0. The van der Waals surface area contributed by atoms with E-state index in [2.05, 4.69) is 11.1 Å². The summed E-state index contributed by atoms with van der Waals surface area (Å²) in [7, 11) is 0. The van der Waals surface area contributed by atoms with Crippen LogP contribution in [0, 0.1) is 6.92 Å². The van der Waals surface area contributed by atoms with Gasteiger partial charge in [0, 0.05) is 23.8 Å². The summed E-state index contributed by atoms with van der Waals surface area (Å²) in [5.41, 5.74) is 0. The number of aryl methyl sites for hydroxylation is 1. The fourth-order valence-corrected chi connectivity index (χ4v) is 2.15. The summed E-state index contributed by atoms with van der Waals surface area (Å²) in [6, 6.07) is 0. The van der Waals surface area contributed by atoms with Crippen LogP contribution < -0.4 is 0 Å². The molecule has 1 heterocycles. The van der Waals surface area contributed by atoms with Crippen molar-refractivity contribution in [1.29, 1.82) is 0 Å². The number of hydrogen-bond acceptors (Lipinski definition) is 4. The summed E-state index contributed by atoms with van der Waals surface area (Å²) >= 11 is 3.04. The molecule has 0 amide bonds. The molecule has 14 heavy (non-hydrogen) atoms. The van der Waals surface area contributed by atoms with E-state index in [-0.39, 0.29) is 5.12 Å². The molecule has 0 spiro atoms. The Morgan fingerprint density at radius 2 is 2.50 bits per heavy atom. The largest absolute Gasteiger partial charge is 0.288 e. The fourth-order valence-electron chi connectivity index (χ4n) is 0.904. The summed E-state index contributed by atoms with van der Waals surface area (Å²) in [4.78, 5) is 16.0. The Morgan fingerprint density at radius 3 is 3.07 bits per heavy atom. The molecule has 0 saturated carbocycles. The molecule has 0 radical (unpaired) electrons. The monoisotopic (exact) mass is 227 g/mol. The molecular formula is C10H13NOS2. The van der Waals surface area contributed by atoms with Gasteiger partial charge < -0.3 is 0 Å². The maximum Gasteiger partial charge on any atom is 0.185 e. The van der Waals surface area contributed by atoms with Crippen LogP contribution in [0.1, 0.15) is 23.2 Å². The Morgan fingerprint density at radius 1 is 1.71 bits per heavy atom. The van der Waals surface area contributed by atoms with Gasteiger partial charge in [-0.05, 0) is 19.4 Å². The molecule has 0 bridgehead atoms. The Bertz CT molecular complexity index is 331. The summed E-state index contributed by atoms with van der Waals surface area (Å²) in [5, 5.41) is 1.22. The van der Waals surface area contributed by atoms with Crippen LogP contribution in [-0.4, -0.2) is 15.9 Å². The highest BCUT2D eigenvalue weighted by Crippen LogP contribution is 2.13. The van der Waals surface area contributed by atoms with E-state index < -0.39 is 0 Å². The van der Waals surface area contributed by atoms with E-state index in [1.54, 1.807) is 18.3 Å². The maximum absolute atomic E-state index is 10.6. The van der Waals surface area contributed by atoms with Crippen molar-refractivity contribution in [3.63, 3.8) is 0 Å². The van der Waals surface area contributed by atoms with Crippen LogP contribution in [0.5, 0.6) is 0 Å². The second-order valence-corrected chi connectivity index (χ2v) is 5.38. The molecule has 0 saturated heterocycles. The highest BCUT2D eigenvalue weighted by Gasteiger charge is 1.93. The molecular weight excluding hydrogens is 214 g/mol. The van der Waals surface area contributed by atoms with E-state index in [4.69, 9.17) is 0 Å². The van der Waals surface area contributed by atoms with E-state index in [1.165, 1.54) is 16.6 Å². The van der Waals surface area contributed by atoms with Gasteiger partial charge in [0.2, 0.25) is 0 Å². The second-order valence-electron chi connectivity index (χ2n) is 2.84. The number of allylic oxidation sites excluding steroid dienone is 1. The maximum atomic E-state index is 10.6. The molecule has 1 rings (SSSR count). The Kier molecular flexibility index (Phi) is 4.90.